The van der Waals surface area contributed by atoms with E-state index >= 15 is 0 Å². The summed E-state index contributed by atoms with van der Waals surface area (Å²) in [6.07, 6.45) is 1.78. The summed E-state index contributed by atoms with van der Waals surface area (Å²) in [5.41, 5.74) is 5.33. The minimum atomic E-state index is -1.36. The van der Waals surface area contributed by atoms with Crippen molar-refractivity contribution in [2.75, 3.05) is 13.1 Å². The van der Waals surface area contributed by atoms with E-state index in [9.17, 15) is 24.3 Å². The molecule has 0 saturated carbocycles. The summed E-state index contributed by atoms with van der Waals surface area (Å²) in [6.45, 7) is 11.1. The Balaban J connectivity index is 3.45. The first-order valence-corrected chi connectivity index (χ1v) is 12.5. The Morgan fingerprint density at radius 1 is 1.11 bits per heavy atom. The molecule has 36 heavy (non-hydrogen) atoms. The summed E-state index contributed by atoms with van der Waals surface area (Å²) in [5.74, 6) is -2.06. The van der Waals surface area contributed by atoms with Crippen LogP contribution in [0.1, 0.15) is 83.9 Å². The fourth-order valence-corrected chi connectivity index (χ4v) is 3.69. The number of ether oxygens (including phenoxy) is 1. The molecule has 0 aliphatic rings. The van der Waals surface area contributed by atoms with Gasteiger partial charge in [0, 0.05) is 18.7 Å². The lowest BCUT2D eigenvalue weighted by Gasteiger charge is -2.34. The molecule has 0 spiro atoms. The van der Waals surface area contributed by atoms with Crippen molar-refractivity contribution in [3.63, 3.8) is 0 Å². The summed E-state index contributed by atoms with van der Waals surface area (Å²) in [4.78, 5) is 52.7. The number of unbranched alkanes of at least 4 members (excludes halogenated alkanes) is 2. The number of rotatable bonds is 13. The second-order valence-corrected chi connectivity index (χ2v) is 9.81. The number of aromatic hydroxyl groups is 1. The minimum absolute atomic E-state index is 0.105. The van der Waals surface area contributed by atoms with Crippen LogP contribution < -0.4 is 16.4 Å². The number of hydrogen-bond donors (Lipinski definition) is 4. The van der Waals surface area contributed by atoms with E-state index < -0.39 is 47.9 Å². The number of benzene rings is 1. The fraction of sp³-hybridized carbons (Fsp3) is 0.615. The van der Waals surface area contributed by atoms with Gasteiger partial charge in [-0.05, 0) is 46.1 Å². The van der Waals surface area contributed by atoms with E-state index in [4.69, 9.17) is 10.5 Å². The van der Waals surface area contributed by atoms with Gasteiger partial charge in [0.05, 0.1) is 6.42 Å². The third-order valence-electron chi connectivity index (χ3n) is 5.35. The van der Waals surface area contributed by atoms with Crippen LogP contribution in [0.4, 0.5) is 4.79 Å². The first kappa shape index (κ1) is 30.7. The van der Waals surface area contributed by atoms with Crippen molar-refractivity contribution >= 4 is 23.8 Å². The van der Waals surface area contributed by atoms with Crippen molar-refractivity contribution < 1.29 is 29.0 Å². The molecule has 0 aliphatic heterocycles. The van der Waals surface area contributed by atoms with Crippen molar-refractivity contribution in [2.24, 2.45) is 5.73 Å². The number of nitrogens with two attached hydrogens (primary N) is 1. The molecule has 0 aromatic heterocycles. The van der Waals surface area contributed by atoms with Gasteiger partial charge in [-0.1, -0.05) is 44.9 Å². The Labute approximate surface area is 213 Å². The van der Waals surface area contributed by atoms with Crippen LogP contribution in [0, 0.1) is 6.92 Å². The molecule has 4 amide bonds. The highest BCUT2D eigenvalue weighted by Gasteiger charge is 2.37. The van der Waals surface area contributed by atoms with Gasteiger partial charge in [0.15, 0.2) is 0 Å². The molecule has 0 heterocycles. The van der Waals surface area contributed by atoms with Crippen LogP contribution in [-0.2, 0) is 19.1 Å². The number of primary amides is 1. The average molecular weight is 507 g/mol. The Bertz CT molecular complexity index is 912. The summed E-state index contributed by atoms with van der Waals surface area (Å²) in [6, 6.07) is 2.43. The van der Waals surface area contributed by atoms with Crippen molar-refractivity contribution in [2.45, 2.75) is 91.3 Å². The van der Waals surface area contributed by atoms with Crippen LogP contribution in [0.2, 0.25) is 0 Å². The van der Waals surface area contributed by atoms with Gasteiger partial charge in [0.1, 0.15) is 23.4 Å². The predicted molar refractivity (Wildman–Crippen MR) is 137 cm³/mol. The predicted octanol–water partition coefficient (Wildman–Crippen LogP) is 3.06. The molecule has 2 unspecified atom stereocenters. The first-order chi connectivity index (χ1) is 16.8. The smallest absolute Gasteiger partial charge is 0.408 e. The van der Waals surface area contributed by atoms with Crippen molar-refractivity contribution in [3.8, 4) is 5.75 Å². The lowest BCUT2D eigenvalue weighted by molar-refractivity contribution is -0.143. The number of nitrogens with one attached hydrogen (secondary N) is 2. The third kappa shape index (κ3) is 9.75. The van der Waals surface area contributed by atoms with Crippen molar-refractivity contribution in [1.82, 2.24) is 15.5 Å². The summed E-state index contributed by atoms with van der Waals surface area (Å²) >= 11 is 0. The molecule has 10 nitrogen and oxygen atoms in total. The maximum absolute atomic E-state index is 13.7. The SMILES string of the molecule is CCCCCNC(=O)C(c1cccc(C)c1O)N(CCC)C(=O)C(CC(N)=O)NC(=O)OC(C)(C)C. The number of carbonyl (C=O) groups excluding carboxylic acids is 4. The molecule has 0 saturated heterocycles. The maximum atomic E-state index is 13.7. The number of carbonyl (C=O) groups is 4. The zero-order valence-corrected chi connectivity index (χ0v) is 22.3. The lowest BCUT2D eigenvalue weighted by Crippen LogP contribution is -2.54. The van der Waals surface area contributed by atoms with Crippen molar-refractivity contribution in [3.05, 3.63) is 29.3 Å². The quantitative estimate of drug-likeness (QED) is 0.302. The molecular formula is C26H42N4O6. The molecular weight excluding hydrogens is 464 g/mol. The molecule has 0 radical (unpaired) electrons. The van der Waals surface area contributed by atoms with Crippen molar-refractivity contribution in [1.29, 1.82) is 0 Å². The highest BCUT2D eigenvalue weighted by Crippen LogP contribution is 2.32. The molecule has 1 aromatic rings. The first-order valence-electron chi connectivity index (χ1n) is 12.5. The fourth-order valence-electron chi connectivity index (χ4n) is 3.69. The summed E-state index contributed by atoms with van der Waals surface area (Å²) < 4.78 is 5.25. The number of phenolic OH excluding ortho intramolecular Hbond substituents is 1. The highest BCUT2D eigenvalue weighted by atomic mass is 16.6. The van der Waals surface area contributed by atoms with Crippen LogP contribution in [-0.4, -0.2) is 58.6 Å². The van der Waals surface area contributed by atoms with E-state index in [2.05, 4.69) is 10.6 Å². The zero-order chi connectivity index (χ0) is 27.5. The lowest BCUT2D eigenvalue weighted by atomic mass is 9.98. The van der Waals surface area contributed by atoms with Crippen LogP contribution in [0.3, 0.4) is 0 Å². The zero-order valence-electron chi connectivity index (χ0n) is 22.3. The average Bonchev–Trinajstić information content (AvgIpc) is 2.76. The maximum Gasteiger partial charge on any atom is 0.408 e. The second-order valence-electron chi connectivity index (χ2n) is 9.81. The molecule has 5 N–H and O–H groups in total. The Kier molecular flexibility index (Phi) is 12.2. The summed E-state index contributed by atoms with van der Waals surface area (Å²) in [5, 5.41) is 16.1. The van der Waals surface area contributed by atoms with E-state index in [1.165, 1.54) is 4.90 Å². The standard InChI is InChI=1S/C26H42N4O6/c1-7-9-10-14-28-23(33)21(18-13-11-12-17(3)22(18)32)30(15-8-2)24(34)19(16-20(27)31)29-25(35)36-26(4,5)6/h11-13,19,21,32H,7-10,14-16H2,1-6H3,(H2,27,31)(H,28,33)(H,29,35). The third-order valence-corrected chi connectivity index (χ3v) is 5.35. The number of hydrogen-bond acceptors (Lipinski definition) is 6. The number of para-hydroxylation sites is 1. The van der Waals surface area contributed by atoms with E-state index in [1.54, 1.807) is 45.9 Å². The Hall–Kier alpha value is -3.30. The summed E-state index contributed by atoms with van der Waals surface area (Å²) in [7, 11) is 0. The molecule has 2 atom stereocenters. The number of aryl methyl sites for hydroxylation is 1. The molecule has 1 aromatic carbocycles. The Morgan fingerprint density at radius 2 is 1.78 bits per heavy atom. The molecule has 0 bridgehead atoms. The van der Waals surface area contributed by atoms with Gasteiger partial charge in [0.2, 0.25) is 17.7 Å². The minimum Gasteiger partial charge on any atom is -0.507 e. The normalized spacial score (nSPS) is 12.8. The number of phenols is 1. The monoisotopic (exact) mass is 506 g/mol. The van der Waals surface area contributed by atoms with E-state index in [0.29, 0.717) is 18.5 Å². The number of alkyl carbamates (subject to hydrolysis) is 1. The van der Waals surface area contributed by atoms with Gasteiger partial charge < -0.3 is 31.1 Å². The Morgan fingerprint density at radius 3 is 2.33 bits per heavy atom. The van der Waals surface area contributed by atoms with E-state index in [1.807, 2.05) is 13.8 Å². The highest BCUT2D eigenvalue weighted by molar-refractivity contribution is 5.94. The van der Waals surface area contributed by atoms with Crippen LogP contribution in [0.25, 0.3) is 0 Å². The van der Waals surface area contributed by atoms with Gasteiger partial charge in [-0.15, -0.1) is 0 Å². The molecule has 0 fully saturated rings. The number of amides is 4. The van der Waals surface area contributed by atoms with Gasteiger partial charge in [-0.2, -0.15) is 0 Å². The second kappa shape index (κ2) is 14.3. The van der Waals surface area contributed by atoms with Gasteiger partial charge in [-0.25, -0.2) is 4.79 Å². The molecule has 0 aliphatic carbocycles. The van der Waals surface area contributed by atoms with Crippen LogP contribution in [0.5, 0.6) is 5.75 Å². The van der Waals surface area contributed by atoms with E-state index in [-0.39, 0.29) is 17.9 Å². The topological polar surface area (TPSA) is 151 Å². The molecule has 202 valence electrons. The van der Waals surface area contributed by atoms with E-state index in [0.717, 1.165) is 19.3 Å². The van der Waals surface area contributed by atoms with Gasteiger partial charge >= 0.3 is 6.09 Å². The van der Waals surface area contributed by atoms with Gasteiger partial charge in [0.25, 0.3) is 0 Å². The van der Waals surface area contributed by atoms with Gasteiger partial charge in [-0.3, -0.25) is 14.4 Å². The van der Waals surface area contributed by atoms with Crippen LogP contribution in [0.15, 0.2) is 18.2 Å². The van der Waals surface area contributed by atoms with Crippen LogP contribution >= 0.6 is 0 Å². The largest absolute Gasteiger partial charge is 0.507 e. The molecule has 10 heteroatoms. The number of nitrogens with zero attached hydrogens (tertiary/aromatic N) is 1. The molecule has 1 rings (SSSR count).